The van der Waals surface area contributed by atoms with Crippen molar-refractivity contribution in [1.82, 2.24) is 9.80 Å². The molecule has 1 amide bonds. The molecule has 0 bridgehead atoms. The van der Waals surface area contributed by atoms with Crippen molar-refractivity contribution in [2.24, 2.45) is 5.73 Å². The quantitative estimate of drug-likeness (QED) is 0.822. The second-order valence-electron chi connectivity index (χ2n) is 5.80. The highest BCUT2D eigenvalue weighted by atomic mass is 16.2. The summed E-state index contributed by atoms with van der Waals surface area (Å²) in [6.07, 6.45) is 9.14. The van der Waals surface area contributed by atoms with Crippen LogP contribution in [0.15, 0.2) is 0 Å². The van der Waals surface area contributed by atoms with Crippen molar-refractivity contribution in [3.8, 4) is 0 Å². The zero-order valence-electron chi connectivity index (χ0n) is 11.6. The number of nitrogens with two attached hydrogens (primary N) is 1. The van der Waals surface area contributed by atoms with E-state index in [-0.39, 0.29) is 12.5 Å². The van der Waals surface area contributed by atoms with E-state index in [2.05, 4.69) is 11.9 Å². The van der Waals surface area contributed by atoms with Crippen molar-refractivity contribution < 1.29 is 4.79 Å². The number of amides is 1. The Morgan fingerprint density at radius 3 is 2.50 bits per heavy atom. The number of likely N-dealkylation sites (N-methyl/N-ethyl adjacent to an activating group) is 1. The summed E-state index contributed by atoms with van der Waals surface area (Å²) in [5.74, 6) is 0.108. The fourth-order valence-corrected chi connectivity index (χ4v) is 3.43. The maximum Gasteiger partial charge on any atom is 0.236 e. The minimum Gasteiger partial charge on any atom is -0.340 e. The maximum atomic E-state index is 11.7. The first-order valence-electron chi connectivity index (χ1n) is 7.42. The predicted octanol–water partition coefficient (Wildman–Crippen LogP) is 1.20. The average Bonchev–Trinajstić information content (AvgIpc) is 2.46. The van der Waals surface area contributed by atoms with Gasteiger partial charge < -0.3 is 10.6 Å². The molecule has 1 saturated carbocycles. The Kier molecular flexibility index (Phi) is 5.01. The third-order valence-electron chi connectivity index (χ3n) is 4.65. The first-order chi connectivity index (χ1) is 8.72. The Morgan fingerprint density at radius 1 is 1.17 bits per heavy atom. The lowest BCUT2D eigenvalue weighted by Gasteiger charge is -2.42. The number of hydrogen-bond acceptors (Lipinski definition) is 3. The Balaban J connectivity index is 1.89. The first-order valence-corrected chi connectivity index (χ1v) is 7.42. The number of carbonyl (C=O) groups is 1. The highest BCUT2D eigenvalue weighted by Gasteiger charge is 2.29. The summed E-state index contributed by atoms with van der Waals surface area (Å²) >= 11 is 0. The molecule has 0 radical (unpaired) electrons. The van der Waals surface area contributed by atoms with E-state index in [1.807, 2.05) is 4.90 Å². The second-order valence-corrected chi connectivity index (χ2v) is 5.80. The van der Waals surface area contributed by atoms with Crippen LogP contribution in [0, 0.1) is 0 Å². The van der Waals surface area contributed by atoms with Gasteiger partial charge in [-0.3, -0.25) is 9.69 Å². The minimum absolute atomic E-state index is 0.108. The molecule has 0 aromatic heterocycles. The van der Waals surface area contributed by atoms with Gasteiger partial charge in [0.1, 0.15) is 0 Å². The Bertz CT molecular complexity index is 276. The molecule has 4 heteroatoms. The van der Waals surface area contributed by atoms with Crippen LogP contribution in [0.4, 0.5) is 0 Å². The average molecular weight is 253 g/mol. The SMILES string of the molecule is CN(C1CCCCC1)C1CCCN(C(=O)CN)C1. The molecule has 0 spiro atoms. The first kappa shape index (κ1) is 13.8. The van der Waals surface area contributed by atoms with Crippen molar-refractivity contribution >= 4 is 5.91 Å². The van der Waals surface area contributed by atoms with Crippen LogP contribution in [0.1, 0.15) is 44.9 Å². The van der Waals surface area contributed by atoms with Gasteiger partial charge in [0.25, 0.3) is 0 Å². The molecule has 1 unspecified atom stereocenters. The van der Waals surface area contributed by atoms with Gasteiger partial charge in [0.2, 0.25) is 5.91 Å². The number of likely N-dealkylation sites (tertiary alicyclic amines) is 1. The van der Waals surface area contributed by atoms with Crippen molar-refractivity contribution in [3.05, 3.63) is 0 Å². The molecule has 18 heavy (non-hydrogen) atoms. The van der Waals surface area contributed by atoms with Gasteiger partial charge in [-0.1, -0.05) is 19.3 Å². The van der Waals surface area contributed by atoms with E-state index in [4.69, 9.17) is 5.73 Å². The topological polar surface area (TPSA) is 49.6 Å². The van der Waals surface area contributed by atoms with Crippen LogP contribution in [0.2, 0.25) is 0 Å². The molecule has 2 N–H and O–H groups in total. The predicted molar refractivity (Wildman–Crippen MR) is 73.3 cm³/mol. The molecule has 2 rings (SSSR count). The number of carbonyl (C=O) groups excluding carboxylic acids is 1. The zero-order valence-corrected chi connectivity index (χ0v) is 11.6. The monoisotopic (exact) mass is 253 g/mol. The van der Waals surface area contributed by atoms with Crippen molar-refractivity contribution in [2.75, 3.05) is 26.7 Å². The third kappa shape index (κ3) is 3.23. The summed E-state index contributed by atoms with van der Waals surface area (Å²) in [7, 11) is 2.25. The lowest BCUT2D eigenvalue weighted by Crippen LogP contribution is -2.52. The van der Waals surface area contributed by atoms with E-state index in [9.17, 15) is 4.79 Å². The van der Waals surface area contributed by atoms with E-state index in [1.54, 1.807) is 0 Å². The molecule has 2 fully saturated rings. The second kappa shape index (κ2) is 6.53. The Labute approximate surface area is 110 Å². The number of hydrogen-bond donors (Lipinski definition) is 1. The van der Waals surface area contributed by atoms with E-state index in [1.165, 1.54) is 38.5 Å². The number of rotatable bonds is 3. The van der Waals surface area contributed by atoms with E-state index < -0.39 is 0 Å². The van der Waals surface area contributed by atoms with E-state index in [0.717, 1.165) is 25.6 Å². The van der Waals surface area contributed by atoms with Gasteiger partial charge in [0.15, 0.2) is 0 Å². The zero-order chi connectivity index (χ0) is 13.0. The van der Waals surface area contributed by atoms with Gasteiger partial charge in [0, 0.05) is 25.2 Å². The molecule has 2 aliphatic rings. The summed E-state index contributed by atoms with van der Waals surface area (Å²) in [6, 6.07) is 1.27. The molecule has 1 atom stereocenters. The van der Waals surface area contributed by atoms with Gasteiger partial charge in [-0.2, -0.15) is 0 Å². The van der Waals surface area contributed by atoms with Gasteiger partial charge in [-0.05, 0) is 32.7 Å². The maximum absolute atomic E-state index is 11.7. The molecule has 0 aromatic carbocycles. The molecule has 1 aliphatic heterocycles. The molecule has 1 saturated heterocycles. The lowest BCUT2D eigenvalue weighted by atomic mass is 9.92. The molecule has 104 valence electrons. The number of piperidine rings is 1. The molecular formula is C14H27N3O. The van der Waals surface area contributed by atoms with Crippen LogP contribution < -0.4 is 5.73 Å². The smallest absolute Gasteiger partial charge is 0.236 e. The van der Waals surface area contributed by atoms with Gasteiger partial charge >= 0.3 is 0 Å². The summed E-state index contributed by atoms with van der Waals surface area (Å²) in [5, 5.41) is 0. The molecular weight excluding hydrogens is 226 g/mol. The molecule has 1 heterocycles. The molecule has 0 aromatic rings. The third-order valence-corrected chi connectivity index (χ3v) is 4.65. The van der Waals surface area contributed by atoms with E-state index >= 15 is 0 Å². The van der Waals surface area contributed by atoms with Crippen LogP contribution in [0.3, 0.4) is 0 Å². The summed E-state index contributed by atoms with van der Waals surface area (Å²) < 4.78 is 0. The molecule has 1 aliphatic carbocycles. The Hall–Kier alpha value is -0.610. The van der Waals surface area contributed by atoms with Gasteiger partial charge in [-0.15, -0.1) is 0 Å². The van der Waals surface area contributed by atoms with Crippen LogP contribution in [0.25, 0.3) is 0 Å². The van der Waals surface area contributed by atoms with Crippen LogP contribution in [-0.2, 0) is 4.79 Å². The van der Waals surface area contributed by atoms with Gasteiger partial charge in [-0.25, -0.2) is 0 Å². The van der Waals surface area contributed by atoms with Crippen molar-refractivity contribution in [1.29, 1.82) is 0 Å². The largest absolute Gasteiger partial charge is 0.340 e. The molecule has 4 nitrogen and oxygen atoms in total. The lowest BCUT2D eigenvalue weighted by molar-refractivity contribution is -0.132. The summed E-state index contributed by atoms with van der Waals surface area (Å²) in [4.78, 5) is 16.2. The van der Waals surface area contributed by atoms with Crippen LogP contribution in [-0.4, -0.2) is 54.5 Å². The number of nitrogens with zero attached hydrogens (tertiary/aromatic N) is 2. The highest BCUT2D eigenvalue weighted by molar-refractivity contribution is 5.78. The fraction of sp³-hybridized carbons (Fsp3) is 0.929. The minimum atomic E-state index is 0.108. The highest BCUT2D eigenvalue weighted by Crippen LogP contribution is 2.25. The standard InChI is InChI=1S/C14H27N3O/c1-16(12-6-3-2-4-7-12)13-8-5-9-17(11-13)14(18)10-15/h12-13H,2-11,15H2,1H3. The fourth-order valence-electron chi connectivity index (χ4n) is 3.43. The van der Waals surface area contributed by atoms with Crippen LogP contribution >= 0.6 is 0 Å². The van der Waals surface area contributed by atoms with Crippen molar-refractivity contribution in [3.63, 3.8) is 0 Å². The normalized spacial score (nSPS) is 26.6. The van der Waals surface area contributed by atoms with Gasteiger partial charge in [0.05, 0.1) is 6.54 Å². The summed E-state index contributed by atoms with van der Waals surface area (Å²) in [6.45, 7) is 1.92. The van der Waals surface area contributed by atoms with Crippen LogP contribution in [0.5, 0.6) is 0 Å². The Morgan fingerprint density at radius 2 is 1.83 bits per heavy atom. The van der Waals surface area contributed by atoms with Crippen molar-refractivity contribution in [2.45, 2.75) is 57.0 Å². The summed E-state index contributed by atoms with van der Waals surface area (Å²) in [5.41, 5.74) is 5.46. The van der Waals surface area contributed by atoms with E-state index in [0.29, 0.717) is 6.04 Å².